The number of hydrogen-bond acceptors (Lipinski definition) is 4. The van der Waals surface area contributed by atoms with Gasteiger partial charge in [-0.15, -0.1) is 0 Å². The molecule has 0 saturated carbocycles. The van der Waals surface area contributed by atoms with Crippen molar-refractivity contribution in [1.82, 2.24) is 24.8 Å². The Kier molecular flexibility index (Phi) is 2.12. The molecule has 17 heavy (non-hydrogen) atoms. The summed E-state index contributed by atoms with van der Waals surface area (Å²) in [7, 11) is 0. The normalized spacial score (nSPS) is 10.8. The van der Waals surface area contributed by atoms with Crippen LogP contribution in [0.5, 0.6) is 0 Å². The zero-order valence-electron chi connectivity index (χ0n) is 8.54. The van der Waals surface area contributed by atoms with Gasteiger partial charge in [0, 0.05) is 5.56 Å². The van der Waals surface area contributed by atoms with E-state index in [1.54, 1.807) is 0 Å². The number of rotatable bonds is 1. The molecule has 3 aromatic rings. The lowest BCUT2D eigenvalue weighted by Gasteiger charge is -2.00. The first kappa shape index (κ1) is 9.91. The maximum absolute atomic E-state index is 11.6. The molecule has 2 N–H and O–H groups in total. The second kappa shape index (κ2) is 3.63. The van der Waals surface area contributed by atoms with Crippen LogP contribution in [0.25, 0.3) is 16.9 Å². The number of hydrogen-bond donors (Lipinski definition) is 2. The Bertz CT molecular complexity index is 786. The van der Waals surface area contributed by atoms with Gasteiger partial charge in [-0.3, -0.25) is 5.10 Å². The van der Waals surface area contributed by atoms with Crippen LogP contribution in [0.4, 0.5) is 0 Å². The molecule has 0 bridgehead atoms. The molecule has 0 aliphatic rings. The van der Waals surface area contributed by atoms with E-state index in [1.165, 1.54) is 4.40 Å². The van der Waals surface area contributed by atoms with Crippen molar-refractivity contribution < 1.29 is 0 Å². The Labute approximate surface area is 99.9 Å². The molecule has 0 atom stereocenters. The van der Waals surface area contributed by atoms with Crippen molar-refractivity contribution in [3.63, 3.8) is 0 Å². The van der Waals surface area contributed by atoms with Crippen molar-refractivity contribution in [3.05, 3.63) is 45.6 Å². The fourth-order valence-electron chi connectivity index (χ4n) is 1.64. The van der Waals surface area contributed by atoms with Gasteiger partial charge in [0.05, 0.1) is 0 Å². The molecule has 2 heterocycles. The van der Waals surface area contributed by atoms with Gasteiger partial charge in [-0.25, -0.2) is 14.3 Å². The van der Waals surface area contributed by atoms with Gasteiger partial charge >= 0.3 is 5.69 Å². The van der Waals surface area contributed by atoms with Crippen LogP contribution in [-0.2, 0) is 0 Å². The van der Waals surface area contributed by atoms with Crippen molar-refractivity contribution >= 4 is 17.9 Å². The Morgan fingerprint density at radius 1 is 1.12 bits per heavy atom. The monoisotopic (exact) mass is 245 g/mol. The van der Waals surface area contributed by atoms with Crippen molar-refractivity contribution in [2.45, 2.75) is 0 Å². The molecule has 84 valence electrons. The summed E-state index contributed by atoms with van der Waals surface area (Å²) in [5.74, 6) is 0. The molecule has 6 nitrogen and oxygen atoms in total. The maximum atomic E-state index is 11.6. The first-order chi connectivity index (χ1) is 8.27. The van der Waals surface area contributed by atoms with Crippen LogP contribution in [0.2, 0.25) is 0 Å². The van der Waals surface area contributed by atoms with E-state index in [9.17, 15) is 4.79 Å². The third-order valence-corrected chi connectivity index (χ3v) is 2.67. The van der Waals surface area contributed by atoms with E-state index in [2.05, 4.69) is 20.4 Å². The second-order valence-corrected chi connectivity index (χ2v) is 3.82. The molecule has 0 aliphatic carbocycles. The Morgan fingerprint density at radius 2 is 1.88 bits per heavy atom. The zero-order chi connectivity index (χ0) is 11.8. The van der Waals surface area contributed by atoms with Crippen LogP contribution in [0.15, 0.2) is 35.1 Å². The summed E-state index contributed by atoms with van der Waals surface area (Å²) < 4.78 is 1.53. The van der Waals surface area contributed by atoms with Gasteiger partial charge in [0.1, 0.15) is 5.69 Å². The smallest absolute Gasteiger partial charge is 0.251 e. The lowest BCUT2D eigenvalue weighted by atomic mass is 10.2. The lowest BCUT2D eigenvalue weighted by molar-refractivity contribution is 0.882. The number of nitrogens with one attached hydrogen (secondary N) is 2. The Balaban J connectivity index is 2.44. The number of aromatic amines is 2. The van der Waals surface area contributed by atoms with Gasteiger partial charge in [0.25, 0.3) is 0 Å². The molecular formula is C10H7N5OS. The highest BCUT2D eigenvalue weighted by atomic mass is 32.1. The molecule has 1 aromatic carbocycles. The van der Waals surface area contributed by atoms with Gasteiger partial charge in [0.15, 0.2) is 5.65 Å². The van der Waals surface area contributed by atoms with Gasteiger partial charge in [-0.2, -0.15) is 10.2 Å². The topological polar surface area (TPSA) is 78.8 Å². The highest BCUT2D eigenvalue weighted by Crippen LogP contribution is 2.18. The van der Waals surface area contributed by atoms with Crippen LogP contribution < -0.4 is 5.69 Å². The summed E-state index contributed by atoms with van der Waals surface area (Å²) in [6.07, 6.45) is 0. The summed E-state index contributed by atoms with van der Waals surface area (Å²) in [5.41, 5.74) is 1.46. The third kappa shape index (κ3) is 1.48. The zero-order valence-corrected chi connectivity index (χ0v) is 9.36. The van der Waals surface area contributed by atoms with Gasteiger partial charge in [0.2, 0.25) is 4.77 Å². The first-order valence-electron chi connectivity index (χ1n) is 4.88. The minimum Gasteiger partial charge on any atom is -0.251 e. The van der Waals surface area contributed by atoms with E-state index in [4.69, 9.17) is 12.2 Å². The summed E-state index contributed by atoms with van der Waals surface area (Å²) in [6, 6.07) is 9.46. The molecule has 0 radical (unpaired) electrons. The van der Waals surface area contributed by atoms with Gasteiger partial charge in [-0.05, 0) is 12.2 Å². The van der Waals surface area contributed by atoms with Crippen molar-refractivity contribution in [2.75, 3.05) is 0 Å². The van der Waals surface area contributed by atoms with Crippen LogP contribution >= 0.6 is 12.2 Å². The van der Waals surface area contributed by atoms with Crippen molar-refractivity contribution in [1.29, 1.82) is 0 Å². The first-order valence-corrected chi connectivity index (χ1v) is 5.29. The fraction of sp³-hybridized carbons (Fsp3) is 0. The minimum atomic E-state index is -0.404. The molecule has 3 rings (SSSR count). The van der Waals surface area contributed by atoms with Gasteiger partial charge < -0.3 is 0 Å². The van der Waals surface area contributed by atoms with E-state index in [0.717, 1.165) is 5.56 Å². The average molecular weight is 245 g/mol. The predicted octanol–water partition coefficient (Wildman–Crippen LogP) is 1.14. The largest absolute Gasteiger partial charge is 0.350 e. The molecule has 0 amide bonds. The quantitative estimate of drug-likeness (QED) is 0.630. The molecule has 0 saturated heterocycles. The molecule has 0 aliphatic heterocycles. The van der Waals surface area contributed by atoms with Crippen LogP contribution in [0.3, 0.4) is 0 Å². The summed E-state index contributed by atoms with van der Waals surface area (Å²) in [4.78, 5) is 11.6. The molecular weight excluding hydrogens is 238 g/mol. The number of nitrogens with zero attached hydrogens (tertiary/aromatic N) is 3. The molecule has 0 fully saturated rings. The molecule has 0 spiro atoms. The minimum absolute atomic E-state index is 0.251. The van der Waals surface area contributed by atoms with E-state index >= 15 is 0 Å². The average Bonchev–Trinajstić information content (AvgIpc) is 2.74. The predicted molar refractivity (Wildman–Crippen MR) is 64.2 cm³/mol. The van der Waals surface area contributed by atoms with E-state index < -0.39 is 5.69 Å². The third-order valence-electron chi connectivity index (χ3n) is 2.40. The Morgan fingerprint density at radius 3 is 2.65 bits per heavy atom. The second-order valence-electron chi connectivity index (χ2n) is 3.43. The van der Waals surface area contributed by atoms with E-state index in [0.29, 0.717) is 11.3 Å². The van der Waals surface area contributed by atoms with Crippen molar-refractivity contribution in [3.8, 4) is 11.3 Å². The molecule has 2 aromatic heterocycles. The fourth-order valence-corrected chi connectivity index (χ4v) is 1.85. The van der Waals surface area contributed by atoms with Gasteiger partial charge in [-0.1, -0.05) is 30.3 Å². The summed E-state index contributed by atoms with van der Waals surface area (Å²) in [6.45, 7) is 0. The van der Waals surface area contributed by atoms with Crippen LogP contribution in [0, 0.1) is 4.77 Å². The lowest BCUT2D eigenvalue weighted by Crippen LogP contribution is -2.18. The summed E-state index contributed by atoms with van der Waals surface area (Å²) in [5, 5.41) is 13.0. The standard InChI is InChI=1S/C10H7N5OS/c16-9-13-11-7(6-4-2-1-3-5-6)8-12-14-10(17)15(8)9/h1-5H,(H,13,16)(H,14,17). The highest BCUT2D eigenvalue weighted by molar-refractivity contribution is 7.71. The maximum Gasteiger partial charge on any atom is 0.350 e. The van der Waals surface area contributed by atoms with E-state index in [-0.39, 0.29) is 4.77 Å². The number of fused-ring (bicyclic) bond motifs is 1. The number of benzene rings is 1. The summed E-state index contributed by atoms with van der Waals surface area (Å²) >= 11 is 4.98. The highest BCUT2D eigenvalue weighted by Gasteiger charge is 2.10. The Hall–Kier alpha value is -2.28. The SMILES string of the molecule is O=c1[nH]nc(-c2ccccc2)c2n[nH]c(=S)n12. The molecule has 7 heteroatoms. The van der Waals surface area contributed by atoms with Crippen LogP contribution in [0.1, 0.15) is 0 Å². The van der Waals surface area contributed by atoms with E-state index in [1.807, 2.05) is 30.3 Å². The molecule has 0 unspecified atom stereocenters. The van der Waals surface area contributed by atoms with Crippen molar-refractivity contribution in [2.24, 2.45) is 0 Å². The number of H-pyrrole nitrogens is 2. The van der Waals surface area contributed by atoms with Crippen LogP contribution in [-0.4, -0.2) is 24.8 Å². The number of aromatic nitrogens is 5.